The molecule has 216 valence electrons. The van der Waals surface area contributed by atoms with E-state index in [0.29, 0.717) is 46.9 Å². The van der Waals surface area contributed by atoms with Crippen LogP contribution in [0.5, 0.6) is 5.75 Å². The number of nitrogens with zero attached hydrogens (tertiary/aromatic N) is 3. The lowest BCUT2D eigenvalue weighted by atomic mass is 9.90. The Kier molecular flexibility index (Phi) is 7.88. The molecule has 0 saturated carbocycles. The van der Waals surface area contributed by atoms with Crippen molar-refractivity contribution in [2.75, 3.05) is 6.61 Å². The van der Waals surface area contributed by atoms with Gasteiger partial charge in [-0.1, -0.05) is 12.1 Å². The van der Waals surface area contributed by atoms with Gasteiger partial charge in [-0.25, -0.2) is 13.9 Å². The van der Waals surface area contributed by atoms with Crippen molar-refractivity contribution >= 4 is 11.6 Å². The summed E-state index contributed by atoms with van der Waals surface area (Å²) < 4.78 is 22.6. The molecule has 2 N–H and O–H groups in total. The normalized spacial score (nSPS) is 14.5. The molecule has 1 aliphatic heterocycles. The van der Waals surface area contributed by atoms with E-state index in [1.54, 1.807) is 32.2 Å². The zero-order valence-electron chi connectivity index (χ0n) is 24.5. The largest absolute Gasteiger partial charge is 0.490 e. The highest BCUT2D eigenvalue weighted by molar-refractivity contribution is 5.80. The van der Waals surface area contributed by atoms with Crippen LogP contribution in [-0.4, -0.2) is 43.0 Å². The van der Waals surface area contributed by atoms with E-state index in [-0.39, 0.29) is 6.42 Å². The fraction of sp³-hybridized carbons (Fsp3) is 0.424. The van der Waals surface area contributed by atoms with E-state index in [2.05, 4.69) is 18.2 Å². The molecule has 0 atom stereocenters. The van der Waals surface area contributed by atoms with Gasteiger partial charge in [-0.2, -0.15) is 5.10 Å². The summed E-state index contributed by atoms with van der Waals surface area (Å²) in [6, 6.07) is 9.88. The highest BCUT2D eigenvalue weighted by Gasteiger charge is 2.26. The minimum atomic E-state index is -0.970. The molecule has 2 aromatic heterocycles. The molecule has 41 heavy (non-hydrogen) atoms. The summed E-state index contributed by atoms with van der Waals surface area (Å²) in [6.45, 7) is 9.48. The van der Waals surface area contributed by atoms with Crippen molar-refractivity contribution in [3.05, 3.63) is 69.7 Å². The van der Waals surface area contributed by atoms with E-state index in [1.807, 2.05) is 13.0 Å². The summed E-state index contributed by atoms with van der Waals surface area (Å²) in [5, 5.41) is 23.1. The maximum Gasteiger partial charge on any atom is 0.307 e. The topological polar surface area (TPSA) is 97.0 Å². The van der Waals surface area contributed by atoms with Crippen molar-refractivity contribution in [2.24, 2.45) is 0 Å². The summed E-state index contributed by atoms with van der Waals surface area (Å²) in [5.41, 5.74) is 8.71. The number of carboxylic acids is 1. The highest BCUT2D eigenvalue weighted by Crippen LogP contribution is 2.39. The lowest BCUT2D eigenvalue weighted by molar-refractivity contribution is -0.136. The minimum Gasteiger partial charge on any atom is -0.490 e. The molecule has 6 rings (SSSR count). The van der Waals surface area contributed by atoms with Gasteiger partial charge in [-0.15, -0.1) is 0 Å². The molecular formula is C33H38FN3O4. The molecule has 0 spiro atoms. The van der Waals surface area contributed by atoms with Gasteiger partial charge in [0, 0.05) is 34.0 Å². The van der Waals surface area contributed by atoms with E-state index < -0.39 is 17.4 Å². The molecule has 0 fully saturated rings. The number of hydrogen-bond donors (Lipinski definition) is 2. The average molecular weight is 560 g/mol. The van der Waals surface area contributed by atoms with Crippen LogP contribution < -0.4 is 4.74 Å². The summed E-state index contributed by atoms with van der Waals surface area (Å²) in [6.07, 6.45) is 5.89. The van der Waals surface area contributed by atoms with Gasteiger partial charge in [0.1, 0.15) is 0 Å². The van der Waals surface area contributed by atoms with Crippen molar-refractivity contribution in [1.82, 2.24) is 14.6 Å². The van der Waals surface area contributed by atoms with Crippen molar-refractivity contribution in [1.29, 1.82) is 0 Å². The lowest BCUT2D eigenvalue weighted by Gasteiger charge is -2.23. The molecule has 0 bridgehead atoms. The first kappa shape index (κ1) is 28.7. The van der Waals surface area contributed by atoms with E-state index in [0.717, 1.165) is 41.6 Å². The van der Waals surface area contributed by atoms with Crippen LogP contribution in [0.25, 0.3) is 28.2 Å². The highest BCUT2D eigenvalue weighted by atomic mass is 19.1. The molecule has 2 aliphatic rings. The predicted octanol–water partition coefficient (Wildman–Crippen LogP) is 6.43. The number of hydrogen-bond acceptors (Lipinski definition) is 5. The summed E-state index contributed by atoms with van der Waals surface area (Å²) in [5.74, 6) is -1.10. The van der Waals surface area contributed by atoms with Crippen LogP contribution in [-0.2, 0) is 30.5 Å². The second-order valence-corrected chi connectivity index (χ2v) is 12.0. The second-order valence-electron chi connectivity index (χ2n) is 12.0. The second kappa shape index (κ2) is 11.2. The number of rotatable bonds is 4. The van der Waals surface area contributed by atoms with Crippen LogP contribution in [0.1, 0.15) is 73.5 Å². The Morgan fingerprint density at radius 2 is 1.76 bits per heavy atom. The van der Waals surface area contributed by atoms with Gasteiger partial charge in [-0.3, -0.25) is 4.79 Å². The summed E-state index contributed by atoms with van der Waals surface area (Å²) >= 11 is 0. The molecule has 0 unspecified atom stereocenters. The van der Waals surface area contributed by atoms with Crippen LogP contribution >= 0.6 is 0 Å². The number of carbonyl (C=O) groups is 1. The van der Waals surface area contributed by atoms with Crippen molar-refractivity contribution in [3.8, 4) is 28.3 Å². The Morgan fingerprint density at radius 3 is 2.46 bits per heavy atom. The number of halogens is 1. The average Bonchev–Trinajstić information content (AvgIpc) is 3.33. The molecular weight excluding hydrogens is 521 g/mol. The molecule has 3 heterocycles. The SMILES string of the molecule is CC(C)(C)O.Cc1nc2cc(-c3ccc4c(c3)CCCC4)nn2c(-c2cc(F)c3c(c2C)CCCO3)c1CC(=O)O. The third kappa shape index (κ3) is 6.12. The van der Waals surface area contributed by atoms with Crippen LogP contribution in [0.3, 0.4) is 0 Å². The van der Waals surface area contributed by atoms with Gasteiger partial charge in [0.2, 0.25) is 0 Å². The third-order valence-corrected chi connectivity index (χ3v) is 7.57. The first-order valence-electron chi connectivity index (χ1n) is 14.3. The van der Waals surface area contributed by atoms with E-state index in [4.69, 9.17) is 19.9 Å². The lowest BCUT2D eigenvalue weighted by Crippen LogP contribution is -2.14. The Labute approximate surface area is 240 Å². The number of aromatic nitrogens is 3. The number of fused-ring (bicyclic) bond motifs is 3. The Balaban J connectivity index is 0.000000623. The van der Waals surface area contributed by atoms with Crippen molar-refractivity contribution in [3.63, 3.8) is 0 Å². The van der Waals surface area contributed by atoms with Gasteiger partial charge in [-0.05, 0) is 102 Å². The van der Waals surface area contributed by atoms with Gasteiger partial charge in [0.15, 0.2) is 17.2 Å². The molecule has 1 aliphatic carbocycles. The van der Waals surface area contributed by atoms with E-state index in [9.17, 15) is 9.90 Å². The fourth-order valence-electron chi connectivity index (χ4n) is 5.73. The van der Waals surface area contributed by atoms with Gasteiger partial charge >= 0.3 is 5.97 Å². The smallest absolute Gasteiger partial charge is 0.307 e. The zero-order valence-corrected chi connectivity index (χ0v) is 24.5. The number of benzene rings is 2. The van der Waals surface area contributed by atoms with Gasteiger partial charge < -0.3 is 14.9 Å². The zero-order chi connectivity index (χ0) is 29.5. The minimum absolute atomic E-state index is 0.229. The Bertz CT molecular complexity index is 1630. The fourth-order valence-corrected chi connectivity index (χ4v) is 5.73. The van der Waals surface area contributed by atoms with Gasteiger partial charge in [0.25, 0.3) is 0 Å². The van der Waals surface area contributed by atoms with E-state index >= 15 is 4.39 Å². The molecule has 0 radical (unpaired) electrons. The predicted molar refractivity (Wildman–Crippen MR) is 157 cm³/mol. The first-order chi connectivity index (χ1) is 19.4. The Morgan fingerprint density at radius 1 is 1.05 bits per heavy atom. The summed E-state index contributed by atoms with van der Waals surface area (Å²) in [4.78, 5) is 16.5. The third-order valence-electron chi connectivity index (χ3n) is 7.57. The number of aryl methyl sites for hydroxylation is 3. The molecule has 0 saturated heterocycles. The molecule has 8 heteroatoms. The van der Waals surface area contributed by atoms with Crippen LogP contribution in [0.15, 0.2) is 30.3 Å². The number of carboxylic acid groups (broad SMARTS) is 1. The van der Waals surface area contributed by atoms with E-state index in [1.165, 1.54) is 30.0 Å². The first-order valence-corrected chi connectivity index (χ1v) is 14.3. The van der Waals surface area contributed by atoms with Gasteiger partial charge in [0.05, 0.1) is 30.0 Å². The number of aliphatic carboxylic acids is 1. The molecule has 2 aromatic carbocycles. The van der Waals surface area contributed by atoms with Crippen molar-refractivity contribution in [2.45, 2.75) is 85.2 Å². The number of ether oxygens (including phenoxy) is 1. The van der Waals surface area contributed by atoms with Crippen LogP contribution in [0.2, 0.25) is 0 Å². The van der Waals surface area contributed by atoms with Crippen molar-refractivity contribution < 1.29 is 24.1 Å². The number of aliphatic hydroxyl groups is 1. The quantitative estimate of drug-likeness (QED) is 0.299. The van der Waals surface area contributed by atoms with Crippen LogP contribution in [0, 0.1) is 19.7 Å². The molecule has 7 nitrogen and oxygen atoms in total. The summed E-state index contributed by atoms with van der Waals surface area (Å²) in [7, 11) is 0. The maximum atomic E-state index is 15.2. The Hall–Kier alpha value is -3.78. The van der Waals surface area contributed by atoms with Crippen LogP contribution in [0.4, 0.5) is 4.39 Å². The monoisotopic (exact) mass is 559 g/mol. The molecule has 4 aromatic rings. The standard InChI is InChI=1S/C29H28FN3O3.C4H10O/c1-16-21-8-5-11-36-29(21)24(30)13-22(16)28-23(14-27(34)35)17(2)31-26-15-25(32-33(26)28)20-10-9-18-6-3-4-7-19(18)12-20;1-4(2,3)5/h9-10,12-13,15H,3-8,11,14H2,1-2H3,(H,34,35);5H,1-3H3. The maximum absolute atomic E-state index is 15.2. The molecule has 0 amide bonds.